The predicted octanol–water partition coefficient (Wildman–Crippen LogP) is 4.16. The van der Waals surface area contributed by atoms with Crippen molar-refractivity contribution in [1.82, 2.24) is 4.98 Å². The quantitative estimate of drug-likeness (QED) is 0.859. The fourth-order valence-corrected chi connectivity index (χ4v) is 2.35. The van der Waals surface area contributed by atoms with E-state index in [2.05, 4.69) is 10.3 Å². The van der Waals surface area contributed by atoms with Gasteiger partial charge in [-0.15, -0.1) is 0 Å². The lowest BCUT2D eigenvalue weighted by atomic mass is 10.1. The highest BCUT2D eigenvalue weighted by Crippen LogP contribution is 2.26. The Morgan fingerprint density at radius 1 is 1.29 bits per heavy atom. The minimum absolute atomic E-state index is 0.0490. The Hall–Kier alpha value is -1.72. The van der Waals surface area contributed by atoms with Crippen LogP contribution in [0.2, 0.25) is 10.3 Å². The fourth-order valence-electron chi connectivity index (χ4n) is 1.77. The summed E-state index contributed by atoms with van der Waals surface area (Å²) < 4.78 is 26.3. The number of halogens is 4. The first-order valence-electron chi connectivity index (χ1n) is 5.93. The van der Waals surface area contributed by atoms with Gasteiger partial charge in [-0.2, -0.15) is 0 Å². The first-order chi connectivity index (χ1) is 9.86. The van der Waals surface area contributed by atoms with Crippen molar-refractivity contribution in [2.24, 2.45) is 0 Å². The molecule has 1 amide bonds. The van der Waals surface area contributed by atoms with Crippen molar-refractivity contribution in [2.75, 3.05) is 5.32 Å². The number of rotatable bonds is 3. The average molecular weight is 331 g/mol. The molecule has 3 nitrogen and oxygen atoms in total. The van der Waals surface area contributed by atoms with E-state index in [1.807, 2.05) is 0 Å². The van der Waals surface area contributed by atoms with E-state index in [-0.39, 0.29) is 22.3 Å². The third kappa shape index (κ3) is 3.89. The fraction of sp³-hybridized carbons (Fsp3) is 0.143. The van der Waals surface area contributed by atoms with Crippen molar-refractivity contribution in [3.05, 3.63) is 57.3 Å². The van der Waals surface area contributed by atoms with Crippen LogP contribution in [-0.2, 0) is 11.2 Å². The van der Waals surface area contributed by atoms with Gasteiger partial charge >= 0.3 is 0 Å². The summed E-state index contributed by atoms with van der Waals surface area (Å²) in [4.78, 5) is 15.7. The molecule has 0 unspecified atom stereocenters. The minimum Gasteiger partial charge on any atom is -0.323 e. The Balaban J connectivity index is 2.16. The number of hydrogen-bond acceptors (Lipinski definition) is 2. The highest BCUT2D eigenvalue weighted by molar-refractivity contribution is 6.34. The van der Waals surface area contributed by atoms with Crippen LogP contribution in [-0.4, -0.2) is 10.9 Å². The lowest BCUT2D eigenvalue weighted by Gasteiger charge is -2.10. The Labute approximate surface area is 129 Å². The lowest BCUT2D eigenvalue weighted by Crippen LogP contribution is -2.16. The molecule has 0 aliphatic heterocycles. The standard InChI is InChI=1S/C14H10Cl2F2N2O/c1-7-4-11(15)19-14(16)13(7)20-12(21)5-8-2-3-9(17)6-10(8)18/h2-4,6H,5H2,1H3,(H,20,21). The van der Waals surface area contributed by atoms with Crippen LogP contribution in [0.15, 0.2) is 24.3 Å². The maximum Gasteiger partial charge on any atom is 0.228 e. The van der Waals surface area contributed by atoms with Gasteiger partial charge < -0.3 is 5.32 Å². The molecule has 0 aliphatic carbocycles. The maximum atomic E-state index is 13.5. The molecule has 7 heteroatoms. The van der Waals surface area contributed by atoms with Gasteiger partial charge in [0.05, 0.1) is 12.1 Å². The number of carbonyl (C=O) groups excluding carboxylic acids is 1. The Kier molecular flexibility index (Phi) is 4.75. The summed E-state index contributed by atoms with van der Waals surface area (Å²) in [7, 11) is 0. The summed E-state index contributed by atoms with van der Waals surface area (Å²) in [6.45, 7) is 1.70. The van der Waals surface area contributed by atoms with Gasteiger partial charge in [-0.3, -0.25) is 4.79 Å². The number of anilines is 1. The molecule has 2 rings (SSSR count). The molecule has 1 heterocycles. The first kappa shape index (κ1) is 15.7. The molecular weight excluding hydrogens is 321 g/mol. The molecular formula is C14H10Cl2F2N2O. The Bertz CT molecular complexity index is 684. The Morgan fingerprint density at radius 3 is 2.62 bits per heavy atom. The number of carbonyl (C=O) groups is 1. The zero-order chi connectivity index (χ0) is 15.6. The van der Waals surface area contributed by atoms with Crippen molar-refractivity contribution in [2.45, 2.75) is 13.3 Å². The van der Waals surface area contributed by atoms with Crippen molar-refractivity contribution < 1.29 is 13.6 Å². The predicted molar refractivity (Wildman–Crippen MR) is 77.7 cm³/mol. The van der Waals surface area contributed by atoms with Crippen molar-refractivity contribution in [1.29, 1.82) is 0 Å². The monoisotopic (exact) mass is 330 g/mol. The molecule has 0 saturated heterocycles. The van der Waals surface area contributed by atoms with Crippen molar-refractivity contribution in [3.63, 3.8) is 0 Å². The summed E-state index contributed by atoms with van der Waals surface area (Å²) in [6, 6.07) is 4.58. The third-order valence-corrected chi connectivity index (χ3v) is 3.24. The molecule has 0 radical (unpaired) electrons. The van der Waals surface area contributed by atoms with Gasteiger partial charge in [-0.1, -0.05) is 29.3 Å². The van der Waals surface area contributed by atoms with E-state index in [9.17, 15) is 13.6 Å². The lowest BCUT2D eigenvalue weighted by molar-refractivity contribution is -0.115. The second-order valence-corrected chi connectivity index (χ2v) is 5.13. The largest absolute Gasteiger partial charge is 0.323 e. The van der Waals surface area contributed by atoms with Gasteiger partial charge in [-0.05, 0) is 30.2 Å². The van der Waals surface area contributed by atoms with Crippen LogP contribution in [0, 0.1) is 18.6 Å². The van der Waals surface area contributed by atoms with E-state index < -0.39 is 17.5 Å². The Morgan fingerprint density at radius 2 is 2.00 bits per heavy atom. The summed E-state index contributed by atoms with van der Waals surface area (Å²) in [5, 5.41) is 2.80. The number of nitrogens with one attached hydrogen (secondary N) is 1. The number of pyridine rings is 1. The van der Waals surface area contributed by atoms with Gasteiger partial charge in [0.25, 0.3) is 0 Å². The number of hydrogen-bond donors (Lipinski definition) is 1. The van der Waals surface area contributed by atoms with E-state index in [4.69, 9.17) is 23.2 Å². The zero-order valence-electron chi connectivity index (χ0n) is 10.9. The van der Waals surface area contributed by atoms with Gasteiger partial charge in [0.1, 0.15) is 16.8 Å². The maximum absolute atomic E-state index is 13.5. The molecule has 21 heavy (non-hydrogen) atoms. The number of nitrogens with zero attached hydrogens (tertiary/aromatic N) is 1. The molecule has 1 aromatic carbocycles. The molecule has 1 aromatic heterocycles. The number of aromatic nitrogens is 1. The molecule has 0 bridgehead atoms. The van der Waals surface area contributed by atoms with Gasteiger partial charge in [-0.25, -0.2) is 13.8 Å². The molecule has 0 saturated carbocycles. The van der Waals surface area contributed by atoms with Gasteiger partial charge in [0.15, 0.2) is 5.15 Å². The summed E-state index contributed by atoms with van der Waals surface area (Å²) in [5.41, 5.74) is 1.03. The summed E-state index contributed by atoms with van der Waals surface area (Å²) in [6.07, 6.45) is -0.246. The van der Waals surface area contributed by atoms with E-state index in [0.29, 0.717) is 11.3 Å². The highest BCUT2D eigenvalue weighted by atomic mass is 35.5. The van der Waals surface area contributed by atoms with Gasteiger partial charge in [0.2, 0.25) is 5.91 Å². The zero-order valence-corrected chi connectivity index (χ0v) is 12.4. The average Bonchev–Trinajstić information content (AvgIpc) is 2.37. The highest BCUT2D eigenvalue weighted by Gasteiger charge is 2.13. The SMILES string of the molecule is Cc1cc(Cl)nc(Cl)c1NC(=O)Cc1ccc(F)cc1F. The van der Waals surface area contributed by atoms with Crippen LogP contribution >= 0.6 is 23.2 Å². The number of aryl methyl sites for hydroxylation is 1. The van der Waals surface area contributed by atoms with Crippen LogP contribution in [0.4, 0.5) is 14.5 Å². The normalized spacial score (nSPS) is 10.5. The molecule has 1 N–H and O–H groups in total. The van der Waals surface area contributed by atoms with Crippen LogP contribution in [0.1, 0.15) is 11.1 Å². The number of amides is 1. The summed E-state index contributed by atoms with van der Waals surface area (Å²) >= 11 is 11.6. The second kappa shape index (κ2) is 6.37. The van der Waals surface area contributed by atoms with E-state index in [1.54, 1.807) is 13.0 Å². The van der Waals surface area contributed by atoms with Gasteiger partial charge in [0, 0.05) is 6.07 Å². The van der Waals surface area contributed by atoms with E-state index in [0.717, 1.165) is 12.1 Å². The van der Waals surface area contributed by atoms with Crippen LogP contribution in [0.25, 0.3) is 0 Å². The van der Waals surface area contributed by atoms with E-state index >= 15 is 0 Å². The number of benzene rings is 1. The minimum atomic E-state index is -0.776. The van der Waals surface area contributed by atoms with Crippen LogP contribution in [0.3, 0.4) is 0 Å². The molecule has 0 aliphatic rings. The molecule has 0 atom stereocenters. The van der Waals surface area contributed by atoms with Crippen molar-refractivity contribution >= 4 is 34.8 Å². The topological polar surface area (TPSA) is 42.0 Å². The summed E-state index contributed by atoms with van der Waals surface area (Å²) in [5.74, 6) is -1.96. The molecule has 110 valence electrons. The molecule has 2 aromatic rings. The van der Waals surface area contributed by atoms with Crippen LogP contribution in [0.5, 0.6) is 0 Å². The molecule has 0 spiro atoms. The second-order valence-electron chi connectivity index (χ2n) is 4.39. The first-order valence-corrected chi connectivity index (χ1v) is 6.69. The molecule has 0 fully saturated rings. The van der Waals surface area contributed by atoms with E-state index in [1.165, 1.54) is 6.07 Å². The smallest absolute Gasteiger partial charge is 0.228 e. The van der Waals surface area contributed by atoms with Crippen LogP contribution < -0.4 is 5.32 Å². The van der Waals surface area contributed by atoms with Crippen molar-refractivity contribution in [3.8, 4) is 0 Å². The third-order valence-electron chi connectivity index (χ3n) is 2.77.